The molecule has 5 nitrogen and oxygen atoms in total. The predicted molar refractivity (Wildman–Crippen MR) is 105 cm³/mol. The number of imidazole rings is 1. The molecular formula is C20H19ClFN5. The number of hydrogen-bond acceptors (Lipinski definition) is 4. The van der Waals surface area contributed by atoms with Gasteiger partial charge in [-0.2, -0.15) is 0 Å². The van der Waals surface area contributed by atoms with Gasteiger partial charge in [-0.1, -0.05) is 29.8 Å². The van der Waals surface area contributed by atoms with E-state index in [1.165, 1.54) is 12.1 Å². The van der Waals surface area contributed by atoms with E-state index in [-0.39, 0.29) is 11.9 Å². The summed E-state index contributed by atoms with van der Waals surface area (Å²) in [5, 5.41) is 5.74. The summed E-state index contributed by atoms with van der Waals surface area (Å²) in [7, 11) is 1.86. The summed E-state index contributed by atoms with van der Waals surface area (Å²) in [5.74, 6) is 0.478. The maximum absolute atomic E-state index is 13.9. The number of fused-ring (bicyclic) bond motifs is 1. The third-order valence-electron chi connectivity index (χ3n) is 4.39. The van der Waals surface area contributed by atoms with Gasteiger partial charge in [0.05, 0.1) is 27.8 Å². The van der Waals surface area contributed by atoms with Crippen molar-refractivity contribution < 1.29 is 4.39 Å². The summed E-state index contributed by atoms with van der Waals surface area (Å²) in [6.07, 6.45) is 3.58. The number of hydrogen-bond donors (Lipinski definition) is 2. The average Bonchev–Trinajstić information content (AvgIpc) is 3.03. The van der Waals surface area contributed by atoms with E-state index in [2.05, 4.69) is 10.7 Å². The molecule has 0 radical (unpaired) electrons. The number of aromatic nitrogens is 2. The van der Waals surface area contributed by atoms with Crippen molar-refractivity contribution in [3.05, 3.63) is 83.3 Å². The van der Waals surface area contributed by atoms with Gasteiger partial charge in [0.25, 0.3) is 0 Å². The van der Waals surface area contributed by atoms with Crippen LogP contribution < -0.4 is 10.7 Å². The minimum Gasteiger partial charge on any atom is -0.373 e. The Morgan fingerprint density at radius 2 is 1.96 bits per heavy atom. The smallest absolute Gasteiger partial charge is 0.136 e. The molecule has 0 spiro atoms. The van der Waals surface area contributed by atoms with Crippen LogP contribution in [0, 0.1) is 5.82 Å². The molecule has 1 atom stereocenters. The van der Waals surface area contributed by atoms with Crippen LogP contribution in [0.25, 0.3) is 16.7 Å². The molecule has 0 amide bonds. The zero-order valence-electron chi connectivity index (χ0n) is 14.9. The SMILES string of the molecule is C[C@H](NC1=CNN(C)C=C1Cl)c1nc2ccc(F)cc2n1-c1ccccc1. The minimum atomic E-state index is -0.292. The molecule has 1 aliphatic rings. The molecule has 27 heavy (non-hydrogen) atoms. The fourth-order valence-electron chi connectivity index (χ4n) is 3.13. The van der Waals surface area contributed by atoms with Gasteiger partial charge in [-0.15, -0.1) is 0 Å². The molecule has 0 unspecified atom stereocenters. The number of rotatable bonds is 4. The molecule has 0 saturated carbocycles. The Labute approximate surface area is 161 Å². The molecule has 2 aromatic carbocycles. The van der Waals surface area contributed by atoms with Crippen molar-refractivity contribution in [1.82, 2.24) is 25.3 Å². The topological polar surface area (TPSA) is 45.1 Å². The van der Waals surface area contributed by atoms with E-state index >= 15 is 0 Å². The molecule has 0 fully saturated rings. The van der Waals surface area contributed by atoms with Crippen molar-refractivity contribution in [2.24, 2.45) is 0 Å². The average molecular weight is 384 g/mol. The highest BCUT2D eigenvalue weighted by atomic mass is 35.5. The minimum absolute atomic E-state index is 0.167. The Balaban J connectivity index is 1.78. The van der Waals surface area contributed by atoms with Gasteiger partial charge in [0, 0.05) is 31.2 Å². The van der Waals surface area contributed by atoms with Crippen LogP contribution in [0.4, 0.5) is 4.39 Å². The first kappa shape index (κ1) is 17.4. The Hall–Kier alpha value is -2.99. The van der Waals surface area contributed by atoms with Crippen LogP contribution in [0.5, 0.6) is 0 Å². The van der Waals surface area contributed by atoms with E-state index in [1.807, 2.05) is 48.9 Å². The first-order valence-electron chi connectivity index (χ1n) is 8.59. The lowest BCUT2D eigenvalue weighted by Gasteiger charge is -2.25. The summed E-state index contributed by atoms with van der Waals surface area (Å²) >= 11 is 6.34. The van der Waals surface area contributed by atoms with Crippen LogP contribution in [0.15, 0.2) is 71.7 Å². The van der Waals surface area contributed by atoms with Gasteiger partial charge in [-0.05, 0) is 31.2 Å². The molecule has 0 aliphatic carbocycles. The molecule has 1 aliphatic heterocycles. The number of nitrogens with one attached hydrogen (secondary N) is 2. The lowest BCUT2D eigenvalue weighted by molar-refractivity contribution is 0.374. The molecule has 2 N–H and O–H groups in total. The predicted octanol–water partition coefficient (Wildman–Crippen LogP) is 4.19. The quantitative estimate of drug-likeness (QED) is 0.709. The molecule has 138 valence electrons. The van der Waals surface area contributed by atoms with Gasteiger partial charge in [0.2, 0.25) is 0 Å². The largest absolute Gasteiger partial charge is 0.373 e. The van der Waals surface area contributed by atoms with E-state index in [1.54, 1.807) is 23.5 Å². The van der Waals surface area contributed by atoms with E-state index < -0.39 is 0 Å². The first-order chi connectivity index (χ1) is 13.0. The fraction of sp³-hybridized carbons (Fsp3) is 0.150. The van der Waals surface area contributed by atoms with Crippen molar-refractivity contribution in [2.75, 3.05) is 7.05 Å². The molecule has 2 heterocycles. The van der Waals surface area contributed by atoms with E-state index in [9.17, 15) is 4.39 Å². The number of para-hydroxylation sites is 1. The van der Waals surface area contributed by atoms with Crippen molar-refractivity contribution in [2.45, 2.75) is 13.0 Å². The normalized spacial score (nSPS) is 15.2. The van der Waals surface area contributed by atoms with Crippen molar-refractivity contribution in [1.29, 1.82) is 0 Å². The van der Waals surface area contributed by atoms with Crippen LogP contribution in [0.3, 0.4) is 0 Å². The van der Waals surface area contributed by atoms with Crippen LogP contribution in [0.2, 0.25) is 0 Å². The number of allylic oxidation sites excluding steroid dienone is 1. The molecule has 0 saturated heterocycles. The zero-order valence-corrected chi connectivity index (χ0v) is 15.7. The summed E-state index contributed by atoms with van der Waals surface area (Å²) < 4.78 is 15.9. The Morgan fingerprint density at radius 1 is 1.19 bits per heavy atom. The van der Waals surface area contributed by atoms with Crippen LogP contribution >= 0.6 is 11.6 Å². The maximum Gasteiger partial charge on any atom is 0.136 e. The summed E-state index contributed by atoms with van der Waals surface area (Å²) in [5.41, 5.74) is 6.22. The van der Waals surface area contributed by atoms with Gasteiger partial charge in [-0.25, -0.2) is 9.37 Å². The van der Waals surface area contributed by atoms with Gasteiger partial charge < -0.3 is 10.7 Å². The number of nitrogens with zero attached hydrogens (tertiary/aromatic N) is 3. The monoisotopic (exact) mass is 383 g/mol. The maximum atomic E-state index is 13.9. The van der Waals surface area contributed by atoms with Crippen LogP contribution in [-0.4, -0.2) is 21.6 Å². The summed E-state index contributed by atoms with van der Waals surface area (Å²) in [6.45, 7) is 2.00. The second-order valence-electron chi connectivity index (χ2n) is 6.42. The summed E-state index contributed by atoms with van der Waals surface area (Å²) in [6, 6.07) is 14.3. The lowest BCUT2D eigenvalue weighted by Crippen LogP contribution is -2.32. The molecule has 3 aromatic rings. The Morgan fingerprint density at radius 3 is 2.70 bits per heavy atom. The second-order valence-corrected chi connectivity index (χ2v) is 6.82. The highest BCUT2D eigenvalue weighted by Crippen LogP contribution is 2.27. The van der Waals surface area contributed by atoms with Crippen molar-refractivity contribution in [3.63, 3.8) is 0 Å². The fourth-order valence-corrected chi connectivity index (χ4v) is 3.38. The van der Waals surface area contributed by atoms with Gasteiger partial charge >= 0.3 is 0 Å². The second kappa shape index (κ2) is 6.96. The van der Waals surface area contributed by atoms with Crippen LogP contribution in [0.1, 0.15) is 18.8 Å². The van der Waals surface area contributed by atoms with Gasteiger partial charge in [0.15, 0.2) is 0 Å². The lowest BCUT2D eigenvalue weighted by atomic mass is 10.2. The number of benzene rings is 2. The standard InChI is InChI=1S/C20H19ClFN5/c1-13(24-18-11-23-26(2)12-16(18)21)20-25-17-9-8-14(22)10-19(17)27(20)15-6-4-3-5-7-15/h3-13,23-24H,1-2H3/t13-/m0/s1. The number of halogens is 2. The molecule has 7 heteroatoms. The van der Waals surface area contributed by atoms with E-state index in [0.717, 1.165) is 28.2 Å². The molecular weight excluding hydrogens is 365 g/mol. The number of hydrazine groups is 1. The van der Waals surface area contributed by atoms with Crippen molar-refractivity contribution >= 4 is 22.6 Å². The Kier molecular flexibility index (Phi) is 4.49. The molecule has 4 rings (SSSR count). The van der Waals surface area contributed by atoms with Gasteiger partial charge in [0.1, 0.15) is 11.6 Å². The highest BCUT2D eigenvalue weighted by Gasteiger charge is 2.20. The van der Waals surface area contributed by atoms with Crippen LogP contribution in [-0.2, 0) is 0 Å². The highest BCUT2D eigenvalue weighted by molar-refractivity contribution is 6.31. The van der Waals surface area contributed by atoms with Gasteiger partial charge in [-0.3, -0.25) is 9.58 Å². The van der Waals surface area contributed by atoms with E-state index in [0.29, 0.717) is 5.03 Å². The summed E-state index contributed by atoms with van der Waals surface area (Å²) in [4.78, 5) is 4.75. The molecule has 0 bridgehead atoms. The van der Waals surface area contributed by atoms with Crippen molar-refractivity contribution in [3.8, 4) is 5.69 Å². The molecule has 1 aromatic heterocycles. The first-order valence-corrected chi connectivity index (χ1v) is 8.97. The zero-order chi connectivity index (χ0) is 19.0. The third kappa shape index (κ3) is 3.36. The third-order valence-corrected chi connectivity index (χ3v) is 4.69. The Bertz CT molecular complexity index is 1040. The van der Waals surface area contributed by atoms with E-state index in [4.69, 9.17) is 16.6 Å².